The third-order valence-corrected chi connectivity index (χ3v) is 3.12. The van der Waals surface area contributed by atoms with Crippen molar-refractivity contribution in [2.24, 2.45) is 0 Å². The van der Waals surface area contributed by atoms with Gasteiger partial charge >= 0.3 is 0 Å². The molecule has 1 aromatic carbocycles. The van der Waals surface area contributed by atoms with E-state index in [0.717, 1.165) is 12.8 Å². The van der Waals surface area contributed by atoms with Gasteiger partial charge in [0.1, 0.15) is 0 Å². The maximum atomic E-state index is 11.7. The number of nitrogens with one attached hydrogen (secondary N) is 1. The Bertz CT molecular complexity index is 587. The van der Waals surface area contributed by atoms with Crippen LogP contribution in [-0.4, -0.2) is 31.2 Å². The standard InChI is InChI=1S/C17H20N2O3/c1-21-15-8-2-3-9-16(15)22-13-17(20)19-11-5-7-14-6-4-10-18-12-14/h2-4,6,8-10,12H,5,7,11,13H2,1H3,(H,19,20). The maximum absolute atomic E-state index is 11.7. The van der Waals surface area contributed by atoms with Gasteiger partial charge in [-0.2, -0.15) is 0 Å². The van der Waals surface area contributed by atoms with E-state index >= 15 is 0 Å². The Labute approximate surface area is 130 Å². The van der Waals surface area contributed by atoms with E-state index in [1.165, 1.54) is 5.56 Å². The van der Waals surface area contributed by atoms with Crippen molar-refractivity contribution < 1.29 is 14.3 Å². The van der Waals surface area contributed by atoms with Gasteiger partial charge in [-0.3, -0.25) is 9.78 Å². The van der Waals surface area contributed by atoms with E-state index in [1.54, 1.807) is 25.4 Å². The zero-order valence-electron chi connectivity index (χ0n) is 12.6. The second-order valence-corrected chi connectivity index (χ2v) is 4.75. The normalized spacial score (nSPS) is 10.0. The molecule has 0 fully saturated rings. The van der Waals surface area contributed by atoms with E-state index in [1.807, 2.05) is 30.5 Å². The first kappa shape index (κ1) is 15.8. The van der Waals surface area contributed by atoms with Crippen LogP contribution < -0.4 is 14.8 Å². The average molecular weight is 300 g/mol. The molecule has 1 aromatic heterocycles. The molecule has 0 atom stereocenters. The molecule has 0 aliphatic heterocycles. The Morgan fingerprint density at radius 1 is 1.18 bits per heavy atom. The topological polar surface area (TPSA) is 60.5 Å². The molecule has 0 saturated heterocycles. The maximum Gasteiger partial charge on any atom is 0.257 e. The summed E-state index contributed by atoms with van der Waals surface area (Å²) in [5.74, 6) is 1.04. The summed E-state index contributed by atoms with van der Waals surface area (Å²) in [4.78, 5) is 15.8. The van der Waals surface area contributed by atoms with Crippen LogP contribution in [0.2, 0.25) is 0 Å². The van der Waals surface area contributed by atoms with Crippen molar-refractivity contribution in [1.29, 1.82) is 0 Å². The van der Waals surface area contributed by atoms with Gasteiger partial charge in [0.15, 0.2) is 18.1 Å². The second-order valence-electron chi connectivity index (χ2n) is 4.75. The van der Waals surface area contributed by atoms with Gasteiger partial charge in [0.2, 0.25) is 0 Å². The van der Waals surface area contributed by atoms with E-state index < -0.39 is 0 Å². The smallest absolute Gasteiger partial charge is 0.257 e. The van der Waals surface area contributed by atoms with Gasteiger partial charge in [-0.15, -0.1) is 0 Å². The number of amides is 1. The molecule has 0 bridgehead atoms. The Morgan fingerprint density at radius 2 is 2.00 bits per heavy atom. The van der Waals surface area contributed by atoms with Gasteiger partial charge in [0, 0.05) is 18.9 Å². The Hall–Kier alpha value is -2.56. The van der Waals surface area contributed by atoms with E-state index in [0.29, 0.717) is 18.0 Å². The van der Waals surface area contributed by atoms with Gasteiger partial charge < -0.3 is 14.8 Å². The van der Waals surface area contributed by atoms with E-state index in [2.05, 4.69) is 10.3 Å². The highest BCUT2D eigenvalue weighted by Gasteiger charge is 2.06. The molecule has 5 heteroatoms. The van der Waals surface area contributed by atoms with Crippen LogP contribution in [0.25, 0.3) is 0 Å². The summed E-state index contributed by atoms with van der Waals surface area (Å²) in [6.45, 7) is 0.594. The number of pyridine rings is 1. The average Bonchev–Trinajstić information content (AvgIpc) is 2.58. The number of ether oxygens (including phenoxy) is 2. The zero-order chi connectivity index (χ0) is 15.6. The van der Waals surface area contributed by atoms with E-state index in [4.69, 9.17) is 9.47 Å². The molecule has 2 aromatic rings. The third kappa shape index (κ3) is 5.09. The molecule has 0 aliphatic rings. The number of nitrogens with zero attached hydrogens (tertiary/aromatic N) is 1. The molecule has 0 radical (unpaired) electrons. The molecular weight excluding hydrogens is 280 g/mol. The number of hydrogen-bond donors (Lipinski definition) is 1. The summed E-state index contributed by atoms with van der Waals surface area (Å²) in [5.41, 5.74) is 1.17. The Morgan fingerprint density at radius 3 is 2.73 bits per heavy atom. The van der Waals surface area contributed by atoms with Crippen LogP contribution in [0.5, 0.6) is 11.5 Å². The largest absolute Gasteiger partial charge is 0.493 e. The van der Waals surface area contributed by atoms with Crippen molar-refractivity contribution in [3.05, 3.63) is 54.4 Å². The molecule has 1 amide bonds. The molecule has 0 aliphatic carbocycles. The molecule has 0 spiro atoms. The van der Waals surface area contributed by atoms with E-state index in [9.17, 15) is 4.79 Å². The van der Waals surface area contributed by atoms with Crippen LogP contribution in [0.4, 0.5) is 0 Å². The molecule has 0 saturated carbocycles. The first-order valence-electron chi connectivity index (χ1n) is 7.21. The van der Waals surface area contributed by atoms with Crippen LogP contribution in [0.15, 0.2) is 48.8 Å². The molecule has 2 rings (SSSR count). The number of methoxy groups -OCH3 is 1. The quantitative estimate of drug-likeness (QED) is 0.759. The second kappa shape index (κ2) is 8.67. The molecule has 5 nitrogen and oxygen atoms in total. The van der Waals surface area contributed by atoms with Gasteiger partial charge in [-0.25, -0.2) is 0 Å². The van der Waals surface area contributed by atoms with E-state index in [-0.39, 0.29) is 12.5 Å². The fourth-order valence-corrected chi connectivity index (χ4v) is 2.00. The lowest BCUT2D eigenvalue weighted by Crippen LogP contribution is -2.30. The third-order valence-electron chi connectivity index (χ3n) is 3.12. The van der Waals surface area contributed by atoms with Crippen LogP contribution in [0.3, 0.4) is 0 Å². The number of benzene rings is 1. The van der Waals surface area contributed by atoms with Crippen LogP contribution >= 0.6 is 0 Å². The van der Waals surface area contributed by atoms with Crippen molar-refractivity contribution in [2.75, 3.05) is 20.3 Å². The lowest BCUT2D eigenvalue weighted by molar-refractivity contribution is -0.123. The number of rotatable bonds is 8. The van der Waals surface area contributed by atoms with Crippen LogP contribution in [0, 0.1) is 0 Å². The van der Waals surface area contributed by atoms with Gasteiger partial charge in [-0.05, 0) is 36.6 Å². The number of para-hydroxylation sites is 2. The summed E-state index contributed by atoms with van der Waals surface area (Å²) in [5, 5.41) is 2.84. The number of aryl methyl sites for hydroxylation is 1. The fourth-order valence-electron chi connectivity index (χ4n) is 2.00. The highest BCUT2D eigenvalue weighted by molar-refractivity contribution is 5.77. The van der Waals surface area contributed by atoms with Gasteiger partial charge in [-0.1, -0.05) is 18.2 Å². The molecule has 0 unspecified atom stereocenters. The van der Waals surface area contributed by atoms with Crippen LogP contribution in [0.1, 0.15) is 12.0 Å². The number of aromatic nitrogens is 1. The SMILES string of the molecule is COc1ccccc1OCC(=O)NCCCc1cccnc1. The lowest BCUT2D eigenvalue weighted by atomic mass is 10.1. The summed E-state index contributed by atoms with van der Waals surface area (Å²) in [7, 11) is 1.57. The van der Waals surface area contributed by atoms with Crippen molar-refractivity contribution in [1.82, 2.24) is 10.3 Å². The first-order chi connectivity index (χ1) is 10.8. The molecule has 22 heavy (non-hydrogen) atoms. The number of carbonyl (C=O) groups is 1. The summed E-state index contributed by atoms with van der Waals surface area (Å²) >= 11 is 0. The number of carbonyl (C=O) groups excluding carboxylic acids is 1. The molecule has 1 heterocycles. The minimum atomic E-state index is -0.142. The highest BCUT2D eigenvalue weighted by Crippen LogP contribution is 2.25. The molecular formula is C17H20N2O3. The van der Waals surface area contributed by atoms with Gasteiger partial charge in [0.25, 0.3) is 5.91 Å². The first-order valence-corrected chi connectivity index (χ1v) is 7.21. The Balaban J connectivity index is 1.66. The fraction of sp³-hybridized carbons (Fsp3) is 0.294. The lowest BCUT2D eigenvalue weighted by Gasteiger charge is -2.10. The van der Waals surface area contributed by atoms with Crippen molar-refractivity contribution in [3.8, 4) is 11.5 Å². The van der Waals surface area contributed by atoms with Crippen molar-refractivity contribution in [3.63, 3.8) is 0 Å². The highest BCUT2D eigenvalue weighted by atomic mass is 16.5. The summed E-state index contributed by atoms with van der Waals surface area (Å²) in [6, 6.07) is 11.2. The number of hydrogen-bond acceptors (Lipinski definition) is 4. The minimum Gasteiger partial charge on any atom is -0.493 e. The Kier molecular flexibility index (Phi) is 6.23. The van der Waals surface area contributed by atoms with Crippen LogP contribution in [-0.2, 0) is 11.2 Å². The summed E-state index contributed by atoms with van der Waals surface area (Å²) in [6.07, 6.45) is 5.35. The summed E-state index contributed by atoms with van der Waals surface area (Å²) < 4.78 is 10.6. The predicted molar refractivity (Wildman–Crippen MR) is 84.1 cm³/mol. The molecule has 1 N–H and O–H groups in total. The van der Waals surface area contributed by atoms with Gasteiger partial charge in [0.05, 0.1) is 7.11 Å². The predicted octanol–water partition coefficient (Wildman–Crippen LogP) is 2.22. The monoisotopic (exact) mass is 300 g/mol. The van der Waals surface area contributed by atoms with Crippen molar-refractivity contribution >= 4 is 5.91 Å². The minimum absolute atomic E-state index is 0.0206. The van der Waals surface area contributed by atoms with Crippen molar-refractivity contribution in [2.45, 2.75) is 12.8 Å². The molecule has 116 valence electrons. The zero-order valence-corrected chi connectivity index (χ0v) is 12.6.